The molecule has 2 N–H and O–H groups in total. The first kappa shape index (κ1) is 25.5. The maximum atomic E-state index is 13.6. The molecule has 1 aliphatic rings. The third-order valence-corrected chi connectivity index (χ3v) is 7.13. The minimum Gasteiger partial charge on any atom is -0.352 e. The Hall–Kier alpha value is -4.11. The van der Waals surface area contributed by atoms with Crippen LogP contribution in [0.2, 0.25) is 0 Å². The van der Waals surface area contributed by atoms with E-state index in [1.807, 2.05) is 36.9 Å². The van der Waals surface area contributed by atoms with Crippen molar-refractivity contribution >= 4 is 28.9 Å². The van der Waals surface area contributed by atoms with Crippen molar-refractivity contribution in [2.24, 2.45) is 0 Å². The first-order chi connectivity index (χ1) is 18.3. The smallest absolute Gasteiger partial charge is 0.226 e. The van der Waals surface area contributed by atoms with Crippen LogP contribution < -0.4 is 10.6 Å². The third kappa shape index (κ3) is 5.15. The maximum absolute atomic E-state index is 13.6. The molecule has 0 radical (unpaired) electrons. The second-order valence-electron chi connectivity index (χ2n) is 9.26. The lowest BCUT2D eigenvalue weighted by atomic mass is 9.96. The average Bonchev–Trinajstić information content (AvgIpc) is 3.39. The van der Waals surface area contributed by atoms with E-state index in [-0.39, 0.29) is 36.0 Å². The molecule has 1 fully saturated rings. The zero-order chi connectivity index (χ0) is 26.8. The van der Waals surface area contributed by atoms with Crippen LogP contribution in [-0.2, 0) is 4.79 Å². The first-order valence-corrected chi connectivity index (χ1v) is 12.7. The van der Waals surface area contributed by atoms with Crippen molar-refractivity contribution in [1.29, 1.82) is 0 Å². The Morgan fingerprint density at radius 2 is 1.71 bits per heavy atom. The molecule has 1 amide bonds. The van der Waals surface area contributed by atoms with Crippen molar-refractivity contribution in [2.75, 3.05) is 11.9 Å². The molecular formula is C29H27F2N5OS. The summed E-state index contributed by atoms with van der Waals surface area (Å²) in [5.74, 6) is -0.851. The number of hydrogen-bond donors (Lipinski definition) is 2. The normalized spacial score (nSPS) is 16.9. The minimum absolute atomic E-state index is 0.182. The molecule has 5 rings (SSSR count). The number of carbonyl (C=O) groups is 1. The van der Waals surface area contributed by atoms with Gasteiger partial charge in [0, 0.05) is 41.9 Å². The van der Waals surface area contributed by atoms with Crippen LogP contribution in [0.1, 0.15) is 41.1 Å². The highest BCUT2D eigenvalue weighted by Crippen LogP contribution is 2.41. The molecule has 6 nitrogen and oxygen atoms in total. The first-order valence-electron chi connectivity index (χ1n) is 12.3. The number of nitrogens with zero attached hydrogens (tertiary/aromatic N) is 3. The molecule has 0 unspecified atom stereocenters. The Kier molecular flexibility index (Phi) is 7.20. The molecule has 0 bridgehead atoms. The van der Waals surface area contributed by atoms with Gasteiger partial charge in [0.05, 0.1) is 17.8 Å². The van der Waals surface area contributed by atoms with E-state index in [9.17, 15) is 13.6 Å². The van der Waals surface area contributed by atoms with Gasteiger partial charge in [-0.25, -0.2) is 8.78 Å². The summed E-state index contributed by atoms with van der Waals surface area (Å²) in [6, 6.07) is 19.5. The van der Waals surface area contributed by atoms with E-state index in [1.165, 1.54) is 36.4 Å². The molecule has 4 aromatic rings. The van der Waals surface area contributed by atoms with Gasteiger partial charge >= 0.3 is 0 Å². The summed E-state index contributed by atoms with van der Waals surface area (Å²) in [6.07, 6.45) is 1.93. The topological polar surface area (TPSA) is 62.2 Å². The molecule has 2 aromatic heterocycles. The van der Waals surface area contributed by atoms with E-state index in [2.05, 4.69) is 26.3 Å². The summed E-state index contributed by atoms with van der Waals surface area (Å²) in [4.78, 5) is 19.4. The highest BCUT2D eigenvalue weighted by Gasteiger charge is 2.41. The molecule has 2 aromatic carbocycles. The van der Waals surface area contributed by atoms with E-state index < -0.39 is 0 Å². The van der Waals surface area contributed by atoms with Crippen LogP contribution >= 0.6 is 12.2 Å². The number of halogens is 2. The Labute approximate surface area is 225 Å². The monoisotopic (exact) mass is 531 g/mol. The van der Waals surface area contributed by atoms with E-state index >= 15 is 0 Å². The minimum atomic E-state index is -0.363. The lowest BCUT2D eigenvalue weighted by Crippen LogP contribution is -2.32. The van der Waals surface area contributed by atoms with Gasteiger partial charge in [-0.1, -0.05) is 6.07 Å². The van der Waals surface area contributed by atoms with Crippen LogP contribution in [0.4, 0.5) is 14.5 Å². The predicted molar refractivity (Wildman–Crippen MR) is 147 cm³/mol. The molecular weight excluding hydrogens is 504 g/mol. The number of thiocarbonyl (C=S) groups is 1. The van der Waals surface area contributed by atoms with E-state index in [0.29, 0.717) is 17.3 Å². The standard InChI is InChI=1S/C29H27F2N5OS/c1-18-17-24(19(2)36(18)23-12-8-21(31)9-13-23)28-27(25-5-3-4-15-32-25)34-29(38)35(28)16-14-26(37)33-22-10-6-20(30)7-11-22/h3-13,15,17,27-28H,14,16H2,1-2H3,(H,33,37)(H,34,38)/t27-,28-/m1/s1. The number of hydrogen-bond acceptors (Lipinski definition) is 3. The number of carbonyl (C=O) groups excluding carboxylic acids is 1. The van der Waals surface area contributed by atoms with Gasteiger partial charge in [-0.05, 0) is 98.4 Å². The summed E-state index contributed by atoms with van der Waals surface area (Å²) < 4.78 is 28.9. The summed E-state index contributed by atoms with van der Waals surface area (Å²) in [5.41, 5.74) is 5.26. The fourth-order valence-electron chi connectivity index (χ4n) is 5.04. The van der Waals surface area contributed by atoms with Gasteiger partial charge in [-0.3, -0.25) is 9.78 Å². The van der Waals surface area contributed by atoms with Gasteiger partial charge < -0.3 is 20.1 Å². The Morgan fingerprint density at radius 3 is 2.37 bits per heavy atom. The summed E-state index contributed by atoms with van der Waals surface area (Å²) in [7, 11) is 0. The molecule has 0 spiro atoms. The van der Waals surface area contributed by atoms with Crippen molar-refractivity contribution in [3.63, 3.8) is 0 Å². The molecule has 194 valence electrons. The molecule has 1 aliphatic heterocycles. The van der Waals surface area contributed by atoms with Crippen molar-refractivity contribution in [2.45, 2.75) is 32.4 Å². The molecule has 2 atom stereocenters. The van der Waals surface area contributed by atoms with Crippen LogP contribution in [0.15, 0.2) is 79.0 Å². The van der Waals surface area contributed by atoms with Crippen LogP contribution in [-0.4, -0.2) is 32.0 Å². The number of aryl methyl sites for hydroxylation is 1. The van der Waals surface area contributed by atoms with E-state index in [4.69, 9.17) is 12.2 Å². The number of aromatic nitrogens is 2. The Balaban J connectivity index is 1.46. The van der Waals surface area contributed by atoms with Crippen molar-refractivity contribution in [3.8, 4) is 5.69 Å². The zero-order valence-corrected chi connectivity index (χ0v) is 21.8. The van der Waals surface area contributed by atoms with Gasteiger partial charge in [0.25, 0.3) is 0 Å². The number of amides is 1. The zero-order valence-electron chi connectivity index (χ0n) is 21.0. The van der Waals surface area contributed by atoms with E-state index in [1.54, 1.807) is 18.3 Å². The quantitative estimate of drug-likeness (QED) is 0.297. The largest absolute Gasteiger partial charge is 0.352 e. The fourth-order valence-corrected chi connectivity index (χ4v) is 5.37. The molecule has 0 saturated carbocycles. The van der Waals surface area contributed by atoms with Gasteiger partial charge in [0.15, 0.2) is 5.11 Å². The number of anilines is 1. The predicted octanol–water partition coefficient (Wildman–Crippen LogP) is 5.77. The number of nitrogens with one attached hydrogen (secondary N) is 2. The van der Waals surface area contributed by atoms with E-state index in [0.717, 1.165) is 28.3 Å². The van der Waals surface area contributed by atoms with Crippen molar-refractivity contribution < 1.29 is 13.6 Å². The SMILES string of the molecule is Cc1cc([C@@H]2[C@@H](c3ccccn3)NC(=S)N2CCC(=O)Nc2ccc(F)cc2)c(C)n1-c1ccc(F)cc1. The highest BCUT2D eigenvalue weighted by atomic mass is 32.1. The molecule has 38 heavy (non-hydrogen) atoms. The molecule has 3 heterocycles. The molecule has 0 aliphatic carbocycles. The lowest BCUT2D eigenvalue weighted by molar-refractivity contribution is -0.116. The van der Waals surface area contributed by atoms with Gasteiger partial charge in [-0.15, -0.1) is 0 Å². The van der Waals surface area contributed by atoms with Crippen molar-refractivity contribution in [1.82, 2.24) is 19.8 Å². The number of pyridine rings is 1. The summed E-state index contributed by atoms with van der Waals surface area (Å²) in [5, 5.41) is 6.76. The second-order valence-corrected chi connectivity index (χ2v) is 9.65. The second kappa shape index (κ2) is 10.7. The maximum Gasteiger partial charge on any atom is 0.226 e. The highest BCUT2D eigenvalue weighted by molar-refractivity contribution is 7.80. The van der Waals surface area contributed by atoms with Crippen LogP contribution in [0.3, 0.4) is 0 Å². The van der Waals surface area contributed by atoms with Crippen LogP contribution in [0, 0.1) is 25.5 Å². The Bertz CT molecular complexity index is 1460. The fraction of sp³-hybridized carbons (Fsp3) is 0.207. The van der Waals surface area contributed by atoms with Crippen LogP contribution in [0.5, 0.6) is 0 Å². The van der Waals surface area contributed by atoms with Crippen molar-refractivity contribution in [3.05, 3.63) is 113 Å². The number of benzene rings is 2. The lowest BCUT2D eigenvalue weighted by Gasteiger charge is -2.28. The van der Waals surface area contributed by atoms with Gasteiger partial charge in [0.1, 0.15) is 11.6 Å². The molecule has 1 saturated heterocycles. The van der Waals surface area contributed by atoms with Crippen LogP contribution in [0.25, 0.3) is 5.69 Å². The van der Waals surface area contributed by atoms with Gasteiger partial charge in [0.2, 0.25) is 5.91 Å². The Morgan fingerprint density at radius 1 is 1.03 bits per heavy atom. The third-order valence-electron chi connectivity index (χ3n) is 6.78. The number of rotatable bonds is 7. The summed E-state index contributed by atoms with van der Waals surface area (Å²) >= 11 is 5.75. The average molecular weight is 532 g/mol. The summed E-state index contributed by atoms with van der Waals surface area (Å²) in [6.45, 7) is 4.41. The van der Waals surface area contributed by atoms with Gasteiger partial charge in [-0.2, -0.15) is 0 Å². The molecule has 9 heteroatoms.